The first-order valence-corrected chi connectivity index (χ1v) is 9.57. The number of hydrogen-bond donors (Lipinski definition) is 1. The minimum Gasteiger partial charge on any atom is -0.485 e. The Labute approximate surface area is 163 Å². The molecule has 3 aromatic rings. The fourth-order valence-corrected chi connectivity index (χ4v) is 3.93. The van der Waals surface area contributed by atoms with Crippen LogP contribution in [0.5, 0.6) is 11.5 Å². The second kappa shape index (κ2) is 7.03. The van der Waals surface area contributed by atoms with E-state index < -0.39 is 6.10 Å². The number of rotatable bonds is 3. The number of anilines is 1. The van der Waals surface area contributed by atoms with Crippen molar-refractivity contribution in [1.82, 2.24) is 9.55 Å². The highest BCUT2D eigenvalue weighted by atomic mass is 16.6. The van der Waals surface area contributed by atoms with E-state index >= 15 is 0 Å². The maximum Gasteiger partial charge on any atom is 0.269 e. The topological polar surface area (TPSA) is 65.4 Å². The Morgan fingerprint density at radius 2 is 1.93 bits per heavy atom. The molecule has 2 aliphatic heterocycles. The van der Waals surface area contributed by atoms with Crippen LogP contribution in [-0.2, 0) is 11.3 Å². The van der Waals surface area contributed by atoms with E-state index in [0.29, 0.717) is 17.4 Å². The van der Waals surface area contributed by atoms with E-state index in [2.05, 4.69) is 27.0 Å². The number of carbonyl (C=O) groups excluding carboxylic acids is 1. The first-order valence-electron chi connectivity index (χ1n) is 9.57. The first kappa shape index (κ1) is 16.9. The molecular formula is C22H21N3O3. The smallest absolute Gasteiger partial charge is 0.269 e. The molecule has 6 nitrogen and oxygen atoms in total. The van der Waals surface area contributed by atoms with Crippen molar-refractivity contribution in [1.29, 1.82) is 0 Å². The molecule has 1 aromatic heterocycles. The van der Waals surface area contributed by atoms with Crippen LogP contribution in [0, 0.1) is 0 Å². The second-order valence-corrected chi connectivity index (χ2v) is 7.18. The van der Waals surface area contributed by atoms with Crippen LogP contribution in [-0.4, -0.2) is 28.2 Å². The minimum atomic E-state index is -0.665. The Morgan fingerprint density at radius 3 is 2.79 bits per heavy atom. The average molecular weight is 375 g/mol. The van der Waals surface area contributed by atoms with Gasteiger partial charge in [0.25, 0.3) is 5.91 Å². The largest absolute Gasteiger partial charge is 0.485 e. The van der Waals surface area contributed by atoms with E-state index in [0.717, 1.165) is 25.1 Å². The third kappa shape index (κ3) is 3.11. The molecule has 0 aliphatic carbocycles. The molecule has 1 amide bonds. The molecule has 1 unspecified atom stereocenters. The number of benzene rings is 2. The van der Waals surface area contributed by atoms with Crippen molar-refractivity contribution in [2.24, 2.45) is 0 Å². The fourth-order valence-electron chi connectivity index (χ4n) is 3.93. The fraction of sp³-hybridized carbons (Fsp3) is 0.273. The van der Waals surface area contributed by atoms with Crippen molar-refractivity contribution in [3.63, 3.8) is 0 Å². The van der Waals surface area contributed by atoms with E-state index in [4.69, 9.17) is 9.47 Å². The van der Waals surface area contributed by atoms with Gasteiger partial charge in [0, 0.05) is 30.0 Å². The lowest BCUT2D eigenvalue weighted by molar-refractivity contribution is -0.125. The number of amides is 1. The number of hydrogen-bond acceptors (Lipinski definition) is 4. The number of nitrogens with zero attached hydrogens (tertiary/aromatic N) is 2. The third-order valence-corrected chi connectivity index (χ3v) is 5.37. The van der Waals surface area contributed by atoms with Crippen LogP contribution in [0.2, 0.25) is 0 Å². The molecule has 0 saturated carbocycles. The maximum atomic E-state index is 12.6. The van der Waals surface area contributed by atoms with Crippen molar-refractivity contribution >= 4 is 11.6 Å². The summed E-state index contributed by atoms with van der Waals surface area (Å²) < 4.78 is 13.6. The highest BCUT2D eigenvalue weighted by Gasteiger charge is 2.27. The quantitative estimate of drug-likeness (QED) is 0.760. The molecule has 0 bridgehead atoms. The summed E-state index contributed by atoms with van der Waals surface area (Å²) in [4.78, 5) is 16.8. The maximum absolute atomic E-state index is 12.6. The van der Waals surface area contributed by atoms with Crippen LogP contribution >= 0.6 is 0 Å². The molecule has 142 valence electrons. The second-order valence-electron chi connectivity index (χ2n) is 7.18. The van der Waals surface area contributed by atoms with Gasteiger partial charge in [-0.05, 0) is 42.7 Å². The SMILES string of the molecule is O=C(Nc1ccc(C2CCCn3cncc32)cc1)[C@H]1COc2ccccc2O1. The highest BCUT2D eigenvalue weighted by Crippen LogP contribution is 2.34. The van der Waals surface area contributed by atoms with Crippen LogP contribution in [0.4, 0.5) is 5.69 Å². The van der Waals surface area contributed by atoms with Crippen molar-refractivity contribution in [3.05, 3.63) is 72.3 Å². The number of aryl methyl sites for hydroxylation is 1. The van der Waals surface area contributed by atoms with Gasteiger partial charge < -0.3 is 19.4 Å². The van der Waals surface area contributed by atoms with Crippen molar-refractivity contribution < 1.29 is 14.3 Å². The standard InChI is InChI=1S/C22H21N3O3/c26-22(21-13-27-19-5-1-2-6-20(19)28-21)24-16-9-7-15(8-10-16)17-4-3-11-25-14-23-12-18(17)25/h1-2,5-10,12,14,17,21H,3-4,11,13H2,(H,24,26)/t17?,21-/m1/s1. The monoisotopic (exact) mass is 375 g/mol. The molecule has 28 heavy (non-hydrogen) atoms. The zero-order valence-corrected chi connectivity index (χ0v) is 15.4. The first-order chi connectivity index (χ1) is 13.8. The Balaban J connectivity index is 1.27. The van der Waals surface area contributed by atoms with Crippen molar-refractivity contribution in [3.8, 4) is 11.5 Å². The Kier molecular flexibility index (Phi) is 4.24. The predicted octanol–water partition coefficient (Wildman–Crippen LogP) is 3.59. The molecule has 0 radical (unpaired) electrons. The predicted molar refractivity (Wildman–Crippen MR) is 105 cm³/mol. The van der Waals surface area contributed by atoms with Crippen molar-refractivity contribution in [2.45, 2.75) is 31.4 Å². The van der Waals surface area contributed by atoms with Gasteiger partial charge in [0.2, 0.25) is 6.10 Å². The normalized spacial score (nSPS) is 20.3. The minimum absolute atomic E-state index is 0.201. The van der Waals surface area contributed by atoms with Gasteiger partial charge in [-0.25, -0.2) is 4.98 Å². The number of aromatic nitrogens is 2. The van der Waals surface area contributed by atoms with Crippen LogP contribution in [0.3, 0.4) is 0 Å². The lowest BCUT2D eigenvalue weighted by atomic mass is 9.89. The molecule has 6 heteroatoms. The zero-order chi connectivity index (χ0) is 18.9. The van der Waals surface area contributed by atoms with E-state index in [9.17, 15) is 4.79 Å². The summed E-state index contributed by atoms with van der Waals surface area (Å²) in [7, 11) is 0. The molecule has 2 aliphatic rings. The molecule has 0 saturated heterocycles. The van der Waals surface area contributed by atoms with Gasteiger partial charge in [0.15, 0.2) is 11.5 Å². The molecule has 1 N–H and O–H groups in total. The van der Waals surface area contributed by atoms with Gasteiger partial charge in [0.05, 0.1) is 6.33 Å². The number of para-hydroxylation sites is 2. The summed E-state index contributed by atoms with van der Waals surface area (Å²) >= 11 is 0. The van der Waals surface area contributed by atoms with Crippen molar-refractivity contribution in [2.75, 3.05) is 11.9 Å². The number of fused-ring (bicyclic) bond motifs is 2. The highest BCUT2D eigenvalue weighted by molar-refractivity contribution is 5.94. The van der Waals surface area contributed by atoms with Crippen LogP contribution in [0.15, 0.2) is 61.1 Å². The Morgan fingerprint density at radius 1 is 1.11 bits per heavy atom. The van der Waals surface area contributed by atoms with Crippen LogP contribution in [0.25, 0.3) is 0 Å². The molecular weight excluding hydrogens is 354 g/mol. The molecule has 0 fully saturated rings. The molecule has 0 spiro atoms. The van der Waals surface area contributed by atoms with Gasteiger partial charge in [-0.2, -0.15) is 0 Å². The zero-order valence-electron chi connectivity index (χ0n) is 15.4. The molecule has 2 atom stereocenters. The average Bonchev–Trinajstić information content (AvgIpc) is 3.23. The van der Waals surface area contributed by atoms with Gasteiger partial charge in [-0.3, -0.25) is 4.79 Å². The number of ether oxygens (including phenoxy) is 2. The molecule has 5 rings (SSSR count). The summed E-state index contributed by atoms with van der Waals surface area (Å²) in [6.45, 7) is 1.24. The van der Waals surface area contributed by atoms with Gasteiger partial charge in [0.1, 0.15) is 6.61 Å². The molecule has 3 heterocycles. The summed E-state index contributed by atoms with van der Waals surface area (Å²) in [5.41, 5.74) is 3.25. The number of nitrogens with one attached hydrogen (secondary N) is 1. The Hall–Kier alpha value is -3.28. The van der Waals surface area contributed by atoms with E-state index in [-0.39, 0.29) is 12.5 Å². The van der Waals surface area contributed by atoms with Gasteiger partial charge in [-0.1, -0.05) is 24.3 Å². The van der Waals surface area contributed by atoms with E-state index in [1.54, 1.807) is 6.07 Å². The van der Waals surface area contributed by atoms with E-state index in [1.165, 1.54) is 11.3 Å². The molecule has 2 aromatic carbocycles. The van der Waals surface area contributed by atoms with Crippen LogP contribution in [0.1, 0.15) is 30.0 Å². The number of carbonyl (C=O) groups is 1. The number of imidazole rings is 1. The van der Waals surface area contributed by atoms with Gasteiger partial charge >= 0.3 is 0 Å². The van der Waals surface area contributed by atoms with E-state index in [1.807, 2.05) is 42.9 Å². The summed E-state index contributed by atoms with van der Waals surface area (Å²) in [6.07, 6.45) is 5.46. The Bertz CT molecular complexity index is 996. The lowest BCUT2D eigenvalue weighted by Gasteiger charge is -2.26. The third-order valence-electron chi connectivity index (χ3n) is 5.37. The lowest BCUT2D eigenvalue weighted by Crippen LogP contribution is -2.40. The summed E-state index contributed by atoms with van der Waals surface area (Å²) in [6, 6.07) is 15.4. The van der Waals surface area contributed by atoms with Crippen LogP contribution < -0.4 is 14.8 Å². The van der Waals surface area contributed by atoms with Gasteiger partial charge in [-0.15, -0.1) is 0 Å². The summed E-state index contributed by atoms with van der Waals surface area (Å²) in [5.74, 6) is 1.41. The summed E-state index contributed by atoms with van der Waals surface area (Å²) in [5, 5.41) is 2.93.